The van der Waals surface area contributed by atoms with E-state index < -0.39 is 0 Å². The molecule has 150 valence electrons. The molecule has 0 fully saturated rings. The maximum absolute atomic E-state index is 12.1. The molecule has 1 amide bonds. The van der Waals surface area contributed by atoms with Crippen LogP contribution in [0.3, 0.4) is 0 Å². The van der Waals surface area contributed by atoms with E-state index >= 15 is 0 Å². The minimum absolute atomic E-state index is 0.259. The zero-order valence-corrected chi connectivity index (χ0v) is 17.1. The summed E-state index contributed by atoms with van der Waals surface area (Å²) < 4.78 is 16.4. The number of aromatic nitrogens is 1. The van der Waals surface area contributed by atoms with Crippen molar-refractivity contribution in [3.63, 3.8) is 0 Å². The van der Waals surface area contributed by atoms with E-state index in [1.165, 1.54) is 6.08 Å². The molecule has 1 N–H and O–H groups in total. The molecule has 0 atom stereocenters. The van der Waals surface area contributed by atoms with Crippen molar-refractivity contribution < 1.29 is 18.8 Å². The molecule has 0 saturated heterocycles. The summed E-state index contributed by atoms with van der Waals surface area (Å²) in [6, 6.07) is 12.4. The molecular weight excluding hydrogens is 392 g/mol. The van der Waals surface area contributed by atoms with E-state index in [4.69, 9.17) is 25.6 Å². The van der Waals surface area contributed by atoms with E-state index in [-0.39, 0.29) is 5.91 Å². The van der Waals surface area contributed by atoms with Crippen LogP contribution in [0.25, 0.3) is 6.08 Å². The zero-order valence-electron chi connectivity index (χ0n) is 16.4. The van der Waals surface area contributed by atoms with Crippen molar-refractivity contribution in [2.24, 2.45) is 0 Å². The van der Waals surface area contributed by atoms with Gasteiger partial charge in [-0.2, -0.15) is 0 Å². The molecule has 3 aromatic rings. The number of anilines is 1. The van der Waals surface area contributed by atoms with E-state index in [2.05, 4.69) is 10.5 Å². The Hall–Kier alpha value is -3.25. The number of rotatable bonds is 7. The summed E-state index contributed by atoms with van der Waals surface area (Å²) in [6.07, 6.45) is 3.14. The highest BCUT2D eigenvalue weighted by Crippen LogP contribution is 2.30. The Bertz CT molecular complexity index is 1020. The highest BCUT2D eigenvalue weighted by Gasteiger charge is 2.12. The van der Waals surface area contributed by atoms with Crippen LogP contribution < -0.4 is 14.8 Å². The third-order valence-electron chi connectivity index (χ3n) is 4.26. The molecule has 3 rings (SSSR count). The van der Waals surface area contributed by atoms with Crippen LogP contribution in [0.5, 0.6) is 11.5 Å². The average molecular weight is 413 g/mol. The minimum atomic E-state index is -0.259. The molecule has 0 aliphatic heterocycles. The topological polar surface area (TPSA) is 73.6 Å². The fourth-order valence-electron chi connectivity index (χ4n) is 2.69. The molecule has 0 unspecified atom stereocenters. The van der Waals surface area contributed by atoms with Crippen molar-refractivity contribution in [2.75, 3.05) is 12.4 Å². The van der Waals surface area contributed by atoms with Crippen molar-refractivity contribution in [3.05, 3.63) is 76.1 Å². The summed E-state index contributed by atoms with van der Waals surface area (Å²) in [7, 11) is 1.57. The third-order valence-corrected chi connectivity index (χ3v) is 4.50. The van der Waals surface area contributed by atoms with Crippen LogP contribution in [0, 0.1) is 13.8 Å². The largest absolute Gasteiger partial charge is 0.493 e. The van der Waals surface area contributed by atoms with E-state index in [9.17, 15) is 4.79 Å². The lowest BCUT2D eigenvalue weighted by atomic mass is 10.2. The average Bonchev–Trinajstić information content (AvgIpc) is 3.02. The zero-order chi connectivity index (χ0) is 20.8. The van der Waals surface area contributed by atoms with Gasteiger partial charge in [0.2, 0.25) is 5.91 Å². The molecule has 0 spiro atoms. The van der Waals surface area contributed by atoms with Gasteiger partial charge in [-0.3, -0.25) is 4.79 Å². The smallest absolute Gasteiger partial charge is 0.248 e. The maximum atomic E-state index is 12.1. The standard InChI is InChI=1S/C22H21ClN2O4/c1-14-19(15(2)29-25-14)13-28-20-9-7-16(11-21(20)27-3)8-10-22(26)24-18-6-4-5-17(23)12-18/h4-12H,13H2,1-3H3,(H,24,26)/b10-8+. The van der Waals surface area contributed by atoms with Crippen LogP contribution in [0.15, 0.2) is 53.1 Å². The van der Waals surface area contributed by atoms with E-state index in [0.29, 0.717) is 28.8 Å². The summed E-state index contributed by atoms with van der Waals surface area (Å²) in [5.74, 6) is 1.62. The number of ether oxygens (including phenoxy) is 2. The fraction of sp³-hybridized carbons (Fsp3) is 0.182. The normalized spacial score (nSPS) is 10.9. The number of hydrogen-bond donors (Lipinski definition) is 1. The summed E-state index contributed by atoms with van der Waals surface area (Å²) in [5.41, 5.74) is 3.14. The van der Waals surface area contributed by atoms with Crippen molar-refractivity contribution in [1.29, 1.82) is 0 Å². The number of carbonyl (C=O) groups excluding carboxylic acids is 1. The van der Waals surface area contributed by atoms with Crippen LogP contribution in [-0.4, -0.2) is 18.2 Å². The molecule has 2 aromatic carbocycles. The lowest BCUT2D eigenvalue weighted by Crippen LogP contribution is -2.07. The SMILES string of the molecule is COc1cc(/C=C/C(=O)Nc2cccc(Cl)c2)ccc1OCc1c(C)noc1C. The Labute approximate surface area is 174 Å². The van der Waals surface area contributed by atoms with Crippen molar-refractivity contribution in [1.82, 2.24) is 5.16 Å². The Balaban J connectivity index is 1.66. The molecule has 1 aromatic heterocycles. The highest BCUT2D eigenvalue weighted by atomic mass is 35.5. The first kappa shape index (κ1) is 20.5. The van der Waals surface area contributed by atoms with Gasteiger partial charge in [-0.05, 0) is 55.8 Å². The number of benzene rings is 2. The molecule has 7 heteroatoms. The molecule has 0 bridgehead atoms. The first-order valence-electron chi connectivity index (χ1n) is 8.93. The quantitative estimate of drug-likeness (QED) is 0.541. The first-order chi connectivity index (χ1) is 14.0. The minimum Gasteiger partial charge on any atom is -0.493 e. The second kappa shape index (κ2) is 9.30. The molecule has 0 aliphatic carbocycles. The van der Waals surface area contributed by atoms with Gasteiger partial charge in [0, 0.05) is 16.8 Å². The number of aryl methyl sites for hydroxylation is 2. The predicted molar refractivity (Wildman–Crippen MR) is 112 cm³/mol. The van der Waals surface area contributed by atoms with Crippen LogP contribution in [0.1, 0.15) is 22.6 Å². The van der Waals surface area contributed by atoms with Gasteiger partial charge < -0.3 is 19.3 Å². The lowest BCUT2D eigenvalue weighted by molar-refractivity contribution is -0.111. The van der Waals surface area contributed by atoms with E-state index in [0.717, 1.165) is 22.6 Å². The van der Waals surface area contributed by atoms with Gasteiger partial charge in [0.25, 0.3) is 0 Å². The molecule has 6 nitrogen and oxygen atoms in total. The molecule has 0 aliphatic rings. The third kappa shape index (κ3) is 5.39. The van der Waals surface area contributed by atoms with Gasteiger partial charge in [0.15, 0.2) is 11.5 Å². The van der Waals surface area contributed by atoms with Gasteiger partial charge in [-0.25, -0.2) is 0 Å². The van der Waals surface area contributed by atoms with Gasteiger partial charge >= 0.3 is 0 Å². The molecular formula is C22H21ClN2O4. The second-order valence-corrected chi connectivity index (χ2v) is 6.77. The van der Waals surface area contributed by atoms with Crippen molar-refractivity contribution >= 4 is 29.3 Å². The van der Waals surface area contributed by atoms with Gasteiger partial charge in [-0.1, -0.05) is 28.9 Å². The molecule has 29 heavy (non-hydrogen) atoms. The maximum Gasteiger partial charge on any atom is 0.248 e. The van der Waals surface area contributed by atoms with Gasteiger partial charge in [-0.15, -0.1) is 0 Å². The number of carbonyl (C=O) groups is 1. The Kier molecular flexibility index (Phi) is 6.57. The van der Waals surface area contributed by atoms with Gasteiger partial charge in [0.1, 0.15) is 12.4 Å². The second-order valence-electron chi connectivity index (χ2n) is 6.33. The number of methoxy groups -OCH3 is 1. The monoisotopic (exact) mass is 412 g/mol. The summed E-state index contributed by atoms with van der Waals surface area (Å²) in [4.78, 5) is 12.1. The van der Waals surface area contributed by atoms with Crippen molar-refractivity contribution in [2.45, 2.75) is 20.5 Å². The predicted octanol–water partition coefficient (Wildman–Crippen LogP) is 5.18. The summed E-state index contributed by atoms with van der Waals surface area (Å²) in [6.45, 7) is 4.04. The fourth-order valence-corrected chi connectivity index (χ4v) is 2.88. The number of amides is 1. The first-order valence-corrected chi connectivity index (χ1v) is 9.31. The van der Waals surface area contributed by atoms with Crippen LogP contribution in [-0.2, 0) is 11.4 Å². The van der Waals surface area contributed by atoms with Crippen LogP contribution in [0.2, 0.25) is 5.02 Å². The van der Waals surface area contributed by atoms with E-state index in [1.807, 2.05) is 19.9 Å². The number of nitrogens with zero attached hydrogens (tertiary/aromatic N) is 1. The number of halogens is 1. The number of nitrogens with one attached hydrogen (secondary N) is 1. The lowest BCUT2D eigenvalue weighted by Gasteiger charge is -2.11. The Morgan fingerprint density at radius 1 is 1.21 bits per heavy atom. The highest BCUT2D eigenvalue weighted by molar-refractivity contribution is 6.30. The van der Waals surface area contributed by atoms with Gasteiger partial charge in [0.05, 0.1) is 18.4 Å². The molecule has 1 heterocycles. The number of hydrogen-bond acceptors (Lipinski definition) is 5. The summed E-state index contributed by atoms with van der Waals surface area (Å²) >= 11 is 5.92. The van der Waals surface area contributed by atoms with Crippen molar-refractivity contribution in [3.8, 4) is 11.5 Å². The molecule has 0 saturated carbocycles. The summed E-state index contributed by atoms with van der Waals surface area (Å²) in [5, 5.41) is 7.24. The Morgan fingerprint density at radius 3 is 2.72 bits per heavy atom. The Morgan fingerprint density at radius 2 is 2.03 bits per heavy atom. The van der Waals surface area contributed by atoms with Crippen LogP contribution >= 0.6 is 11.6 Å². The molecule has 0 radical (unpaired) electrons. The van der Waals surface area contributed by atoms with Crippen LogP contribution in [0.4, 0.5) is 5.69 Å². The van der Waals surface area contributed by atoms with E-state index in [1.54, 1.807) is 49.6 Å².